The molecule has 0 saturated carbocycles. The lowest BCUT2D eigenvalue weighted by Gasteiger charge is -2.15. The molecule has 0 amide bonds. The third-order valence-corrected chi connectivity index (χ3v) is 5.78. The van der Waals surface area contributed by atoms with Crippen LogP contribution in [0.5, 0.6) is 0 Å². The molecule has 15 heteroatoms. The van der Waals surface area contributed by atoms with Gasteiger partial charge in [-0.2, -0.15) is 31.4 Å². The summed E-state index contributed by atoms with van der Waals surface area (Å²) in [5, 5.41) is 20.6. The first kappa shape index (κ1) is 27.4. The van der Waals surface area contributed by atoms with Crippen LogP contribution < -0.4 is 5.69 Å². The number of hydrogen-bond acceptors (Lipinski definition) is 5. The average molecular weight is 561 g/mol. The first-order valence-corrected chi connectivity index (χ1v) is 11.4. The lowest BCUT2D eigenvalue weighted by atomic mass is 10.1. The molecule has 0 bridgehead atoms. The van der Waals surface area contributed by atoms with Gasteiger partial charge in [0.05, 0.1) is 12.1 Å². The van der Waals surface area contributed by atoms with E-state index in [1.807, 2.05) is 0 Å². The van der Waals surface area contributed by atoms with Crippen molar-refractivity contribution >= 4 is 11.6 Å². The summed E-state index contributed by atoms with van der Waals surface area (Å²) >= 11 is 5.87. The molecule has 1 unspecified atom stereocenters. The summed E-state index contributed by atoms with van der Waals surface area (Å²) < 4.78 is 79.3. The summed E-state index contributed by atoms with van der Waals surface area (Å²) in [7, 11) is 0. The summed E-state index contributed by atoms with van der Waals surface area (Å²) in [6, 6.07) is 10.7. The molecule has 2 heterocycles. The maximum Gasteiger partial charge on any atom is 0.416 e. The van der Waals surface area contributed by atoms with Crippen LogP contribution in [0.25, 0.3) is 11.4 Å². The molecule has 1 atom stereocenters. The van der Waals surface area contributed by atoms with E-state index in [2.05, 4.69) is 20.3 Å². The van der Waals surface area contributed by atoms with E-state index in [0.717, 1.165) is 16.8 Å². The van der Waals surface area contributed by atoms with Crippen molar-refractivity contribution < 1.29 is 31.4 Å². The Morgan fingerprint density at radius 3 is 2.39 bits per heavy atom. The lowest BCUT2D eigenvalue weighted by molar-refractivity contribution is -0.207. The largest absolute Gasteiger partial charge is 0.416 e. The third-order valence-electron chi connectivity index (χ3n) is 5.53. The molecule has 0 aliphatic heterocycles. The molecule has 0 radical (unpaired) electrons. The highest BCUT2D eigenvalue weighted by Crippen LogP contribution is 2.30. The number of halogens is 7. The number of aliphatic hydroxyl groups is 1. The predicted molar refractivity (Wildman–Crippen MR) is 123 cm³/mol. The van der Waals surface area contributed by atoms with Gasteiger partial charge in [0.2, 0.25) is 0 Å². The third kappa shape index (κ3) is 6.42. The van der Waals surface area contributed by atoms with Crippen molar-refractivity contribution in [3.05, 3.63) is 86.8 Å². The van der Waals surface area contributed by atoms with Crippen molar-refractivity contribution in [1.82, 2.24) is 29.5 Å². The molecule has 2 aromatic heterocycles. The second-order valence-corrected chi connectivity index (χ2v) is 8.77. The SMILES string of the molecule is O=c1n(Cc2nc(CCc3cccc(C(F)(F)F)c3)n[nH]2)nc(-c2ccc(Cl)cc2)n1CC(O)C(F)(F)F. The van der Waals surface area contributed by atoms with Gasteiger partial charge < -0.3 is 5.11 Å². The second kappa shape index (κ2) is 10.6. The normalized spacial score (nSPS) is 13.2. The number of benzene rings is 2. The number of aromatic nitrogens is 6. The standard InChI is InChI=1S/C23H19ClF6N6O2/c24-16-7-5-14(6-8-16)20-34-36(21(38)35(20)11-17(37)23(28,29)30)12-19-31-18(32-33-19)9-4-13-2-1-3-15(10-13)22(25,26)27/h1-3,5-8,10,17,37H,4,9,11-12H2,(H,31,32,33). The molecule has 4 rings (SSSR count). The van der Waals surface area contributed by atoms with Crippen molar-refractivity contribution in [1.29, 1.82) is 0 Å². The Morgan fingerprint density at radius 2 is 1.74 bits per heavy atom. The topological polar surface area (TPSA) is 102 Å². The zero-order valence-electron chi connectivity index (χ0n) is 19.3. The van der Waals surface area contributed by atoms with Crippen LogP contribution in [0.3, 0.4) is 0 Å². The van der Waals surface area contributed by atoms with Crippen LogP contribution in [-0.2, 0) is 32.1 Å². The zero-order valence-corrected chi connectivity index (χ0v) is 20.0. The van der Waals surface area contributed by atoms with E-state index in [-0.39, 0.29) is 36.9 Å². The number of aromatic amines is 1. The number of H-pyrrole nitrogens is 1. The van der Waals surface area contributed by atoms with Gasteiger partial charge in [-0.05, 0) is 42.3 Å². The summed E-state index contributed by atoms with van der Waals surface area (Å²) in [6.45, 7) is -1.37. The van der Waals surface area contributed by atoms with Gasteiger partial charge in [-0.3, -0.25) is 9.67 Å². The van der Waals surface area contributed by atoms with Crippen molar-refractivity contribution in [2.24, 2.45) is 0 Å². The molecule has 38 heavy (non-hydrogen) atoms. The van der Waals surface area contributed by atoms with Gasteiger partial charge in [-0.25, -0.2) is 14.5 Å². The lowest BCUT2D eigenvalue weighted by Crippen LogP contribution is -2.37. The van der Waals surface area contributed by atoms with E-state index >= 15 is 0 Å². The molecule has 2 N–H and O–H groups in total. The molecule has 4 aromatic rings. The van der Waals surface area contributed by atoms with Gasteiger partial charge in [0.1, 0.15) is 12.4 Å². The highest BCUT2D eigenvalue weighted by Gasteiger charge is 2.39. The van der Waals surface area contributed by atoms with Crippen LogP contribution in [0.4, 0.5) is 26.3 Å². The minimum Gasteiger partial charge on any atom is -0.382 e. The molecular weight excluding hydrogens is 542 g/mol. The van der Waals surface area contributed by atoms with E-state index < -0.39 is 36.3 Å². The predicted octanol–water partition coefficient (Wildman–Crippen LogP) is 4.26. The highest BCUT2D eigenvalue weighted by molar-refractivity contribution is 6.30. The molecule has 2 aromatic carbocycles. The Morgan fingerprint density at radius 1 is 1.03 bits per heavy atom. The zero-order chi connectivity index (χ0) is 27.7. The Bertz CT molecular complexity index is 1460. The summed E-state index contributed by atoms with van der Waals surface area (Å²) in [5.41, 5.74) is -0.983. The van der Waals surface area contributed by atoms with Crippen LogP contribution in [0.1, 0.15) is 22.8 Å². The molecule has 0 spiro atoms. The maximum atomic E-state index is 13.0. The average Bonchev–Trinajstić information content (AvgIpc) is 3.42. The fraction of sp³-hybridized carbons (Fsp3) is 0.304. The van der Waals surface area contributed by atoms with Gasteiger partial charge in [0.15, 0.2) is 17.8 Å². The van der Waals surface area contributed by atoms with Crippen LogP contribution in [0, 0.1) is 0 Å². The quantitative estimate of drug-likeness (QED) is 0.314. The molecule has 8 nitrogen and oxygen atoms in total. The van der Waals surface area contributed by atoms with Crippen LogP contribution in [0.15, 0.2) is 53.3 Å². The number of hydrogen-bond donors (Lipinski definition) is 2. The van der Waals surface area contributed by atoms with E-state index in [1.165, 1.54) is 30.3 Å². The van der Waals surface area contributed by atoms with Gasteiger partial charge in [-0.15, -0.1) is 5.10 Å². The van der Waals surface area contributed by atoms with E-state index in [9.17, 15) is 36.2 Å². The molecular formula is C23H19ClF6N6O2. The van der Waals surface area contributed by atoms with Crippen molar-refractivity contribution in [2.75, 3.05) is 0 Å². The number of aryl methyl sites for hydroxylation is 2. The Kier molecular flexibility index (Phi) is 7.65. The Balaban J connectivity index is 1.54. The van der Waals surface area contributed by atoms with E-state index in [4.69, 9.17) is 11.6 Å². The van der Waals surface area contributed by atoms with Crippen molar-refractivity contribution in [2.45, 2.75) is 44.4 Å². The van der Waals surface area contributed by atoms with Crippen LogP contribution in [-0.4, -0.2) is 46.9 Å². The first-order valence-electron chi connectivity index (χ1n) is 11.1. The minimum absolute atomic E-state index is 0.126. The number of rotatable bonds is 8. The van der Waals surface area contributed by atoms with Crippen molar-refractivity contribution in [3.8, 4) is 11.4 Å². The fourth-order valence-corrected chi connectivity index (χ4v) is 3.74. The molecule has 0 saturated heterocycles. The number of nitrogens with zero attached hydrogens (tertiary/aromatic N) is 5. The second-order valence-electron chi connectivity index (χ2n) is 8.34. The highest BCUT2D eigenvalue weighted by atomic mass is 35.5. The van der Waals surface area contributed by atoms with Crippen LogP contribution in [0.2, 0.25) is 5.02 Å². The smallest absolute Gasteiger partial charge is 0.382 e. The van der Waals surface area contributed by atoms with E-state index in [1.54, 1.807) is 6.07 Å². The molecule has 0 fully saturated rings. The molecule has 0 aliphatic carbocycles. The molecule has 202 valence electrons. The summed E-state index contributed by atoms with van der Waals surface area (Å²) in [6.07, 6.45) is -11.8. The number of aliphatic hydroxyl groups excluding tert-OH is 1. The number of nitrogens with one attached hydrogen (secondary N) is 1. The Labute approximate surface area is 215 Å². The minimum atomic E-state index is -4.96. The monoisotopic (exact) mass is 560 g/mol. The maximum absolute atomic E-state index is 13.0. The van der Waals surface area contributed by atoms with Gasteiger partial charge in [-0.1, -0.05) is 29.8 Å². The van der Waals surface area contributed by atoms with E-state index in [0.29, 0.717) is 20.7 Å². The summed E-state index contributed by atoms with van der Waals surface area (Å²) in [5.74, 6) is 0.282. The summed E-state index contributed by atoms with van der Waals surface area (Å²) in [4.78, 5) is 17.1. The molecule has 0 aliphatic rings. The Hall–Kier alpha value is -3.65. The van der Waals surface area contributed by atoms with Gasteiger partial charge in [0.25, 0.3) is 0 Å². The van der Waals surface area contributed by atoms with Gasteiger partial charge in [0, 0.05) is 17.0 Å². The van der Waals surface area contributed by atoms with Gasteiger partial charge >= 0.3 is 18.0 Å². The number of alkyl halides is 6. The van der Waals surface area contributed by atoms with Crippen LogP contribution >= 0.6 is 11.6 Å². The van der Waals surface area contributed by atoms with Crippen molar-refractivity contribution in [3.63, 3.8) is 0 Å². The first-order chi connectivity index (χ1) is 17.8. The fourth-order valence-electron chi connectivity index (χ4n) is 3.62.